The molecule has 0 aliphatic rings. The lowest BCUT2D eigenvalue weighted by Gasteiger charge is -2.16. The molecule has 1 aromatic heterocycles. The largest absolute Gasteiger partial charge is 0.489 e. The van der Waals surface area contributed by atoms with Gasteiger partial charge in [-0.25, -0.2) is 0 Å². The Morgan fingerprint density at radius 1 is 1.10 bits per heavy atom. The maximum absolute atomic E-state index is 10.5. The molecule has 106 valence electrons. The fourth-order valence-corrected chi connectivity index (χ4v) is 2.23. The first kappa shape index (κ1) is 14.5. The van der Waals surface area contributed by atoms with Gasteiger partial charge in [0.2, 0.25) is 0 Å². The molecule has 0 amide bonds. The van der Waals surface area contributed by atoms with Crippen LogP contribution >= 0.6 is 0 Å². The van der Waals surface area contributed by atoms with Gasteiger partial charge < -0.3 is 9.84 Å². The summed E-state index contributed by atoms with van der Waals surface area (Å²) in [6.07, 6.45) is 2.75. The minimum atomic E-state index is -0.682. The molecule has 2 rings (SSSR count). The van der Waals surface area contributed by atoms with Crippen LogP contribution in [0.1, 0.15) is 42.2 Å². The van der Waals surface area contributed by atoms with Crippen molar-refractivity contribution in [3.8, 4) is 5.75 Å². The number of aliphatic hydroxyl groups is 1. The molecule has 0 spiro atoms. The summed E-state index contributed by atoms with van der Waals surface area (Å²) in [6.45, 7) is 7.98. The third-order valence-electron chi connectivity index (χ3n) is 3.14. The van der Waals surface area contributed by atoms with Crippen LogP contribution in [0.3, 0.4) is 0 Å². The lowest BCUT2D eigenvalue weighted by molar-refractivity contribution is 0.215. The van der Waals surface area contributed by atoms with Crippen molar-refractivity contribution in [3.05, 3.63) is 58.9 Å². The van der Waals surface area contributed by atoms with Gasteiger partial charge in [0.1, 0.15) is 11.9 Å². The van der Waals surface area contributed by atoms with Crippen molar-refractivity contribution in [1.82, 2.24) is 4.98 Å². The van der Waals surface area contributed by atoms with Crippen molar-refractivity contribution in [2.45, 2.75) is 39.9 Å². The lowest BCUT2D eigenvalue weighted by Crippen LogP contribution is -2.07. The van der Waals surface area contributed by atoms with E-state index < -0.39 is 6.10 Å². The molecule has 1 N–H and O–H groups in total. The second-order valence-electron chi connectivity index (χ2n) is 5.38. The predicted octanol–water partition coefficient (Wildman–Crippen LogP) is 3.57. The zero-order valence-corrected chi connectivity index (χ0v) is 12.4. The highest BCUT2D eigenvalue weighted by atomic mass is 16.5. The number of hydrogen-bond donors (Lipinski definition) is 1. The first-order valence-electron chi connectivity index (χ1n) is 6.84. The van der Waals surface area contributed by atoms with Crippen molar-refractivity contribution in [1.29, 1.82) is 0 Å². The number of benzene rings is 1. The molecule has 1 heterocycles. The Kier molecular flexibility index (Phi) is 4.40. The topological polar surface area (TPSA) is 42.4 Å². The summed E-state index contributed by atoms with van der Waals surface area (Å²) in [7, 11) is 0. The Hall–Kier alpha value is -1.87. The molecular formula is C17H21NO2. The number of rotatable bonds is 4. The van der Waals surface area contributed by atoms with Crippen LogP contribution in [0.4, 0.5) is 0 Å². The Bertz CT molecular complexity index is 593. The number of aryl methyl sites for hydroxylation is 2. The van der Waals surface area contributed by atoms with E-state index in [9.17, 15) is 5.11 Å². The highest BCUT2D eigenvalue weighted by molar-refractivity contribution is 5.38. The average Bonchev–Trinajstić information content (AvgIpc) is 2.37. The van der Waals surface area contributed by atoms with E-state index in [0.717, 1.165) is 16.7 Å². The number of pyridine rings is 1. The third kappa shape index (κ3) is 3.36. The fourth-order valence-electron chi connectivity index (χ4n) is 2.23. The standard InChI is InChI=1S/C17H21NO2/c1-11(2)20-15-8-14(9-18-10-15)17(19)16-6-5-12(3)7-13(16)4/h5-11,17,19H,1-4H3. The summed E-state index contributed by atoms with van der Waals surface area (Å²) in [5.41, 5.74) is 3.91. The molecule has 1 unspecified atom stereocenters. The summed E-state index contributed by atoms with van der Waals surface area (Å²) in [6, 6.07) is 7.89. The molecular weight excluding hydrogens is 250 g/mol. The van der Waals surface area contributed by atoms with Crippen LogP contribution < -0.4 is 4.74 Å². The van der Waals surface area contributed by atoms with E-state index >= 15 is 0 Å². The van der Waals surface area contributed by atoms with Crippen LogP contribution in [0.5, 0.6) is 5.75 Å². The van der Waals surface area contributed by atoms with E-state index in [-0.39, 0.29) is 6.10 Å². The molecule has 0 bridgehead atoms. The van der Waals surface area contributed by atoms with Crippen LogP contribution in [-0.4, -0.2) is 16.2 Å². The quantitative estimate of drug-likeness (QED) is 0.924. The molecule has 1 aromatic carbocycles. The zero-order chi connectivity index (χ0) is 14.7. The van der Waals surface area contributed by atoms with Crippen molar-refractivity contribution in [2.24, 2.45) is 0 Å². The van der Waals surface area contributed by atoms with E-state index in [4.69, 9.17) is 4.74 Å². The summed E-state index contributed by atoms with van der Waals surface area (Å²) >= 11 is 0. The second kappa shape index (κ2) is 6.06. The SMILES string of the molecule is Cc1ccc(C(O)c2cncc(OC(C)C)c2)c(C)c1. The van der Waals surface area contributed by atoms with Crippen LogP contribution in [0.15, 0.2) is 36.7 Å². The Labute approximate surface area is 120 Å². The average molecular weight is 271 g/mol. The molecule has 2 aromatic rings. The maximum atomic E-state index is 10.5. The monoisotopic (exact) mass is 271 g/mol. The first-order chi connectivity index (χ1) is 9.47. The van der Waals surface area contributed by atoms with Gasteiger partial charge in [0, 0.05) is 11.8 Å². The first-order valence-corrected chi connectivity index (χ1v) is 6.84. The molecule has 0 fully saturated rings. The minimum absolute atomic E-state index is 0.0882. The summed E-state index contributed by atoms with van der Waals surface area (Å²) in [5.74, 6) is 0.682. The summed E-state index contributed by atoms with van der Waals surface area (Å²) < 4.78 is 5.62. The highest BCUT2D eigenvalue weighted by Gasteiger charge is 2.14. The van der Waals surface area contributed by atoms with Crippen molar-refractivity contribution >= 4 is 0 Å². The molecule has 3 heteroatoms. The smallest absolute Gasteiger partial charge is 0.138 e. The molecule has 0 saturated heterocycles. The van der Waals surface area contributed by atoms with Gasteiger partial charge in [-0.3, -0.25) is 4.98 Å². The van der Waals surface area contributed by atoms with Crippen LogP contribution in [0, 0.1) is 13.8 Å². The maximum Gasteiger partial charge on any atom is 0.138 e. The van der Waals surface area contributed by atoms with Crippen LogP contribution in [0.25, 0.3) is 0 Å². The zero-order valence-electron chi connectivity index (χ0n) is 12.4. The molecule has 1 atom stereocenters. The minimum Gasteiger partial charge on any atom is -0.489 e. The number of ether oxygens (including phenoxy) is 1. The van der Waals surface area contributed by atoms with Gasteiger partial charge in [0.05, 0.1) is 12.3 Å². The van der Waals surface area contributed by atoms with E-state index in [1.54, 1.807) is 12.4 Å². The van der Waals surface area contributed by atoms with E-state index in [1.807, 2.05) is 45.9 Å². The van der Waals surface area contributed by atoms with Crippen molar-refractivity contribution < 1.29 is 9.84 Å². The number of aromatic nitrogens is 1. The summed E-state index contributed by atoms with van der Waals surface area (Å²) in [5, 5.41) is 10.5. The lowest BCUT2D eigenvalue weighted by atomic mass is 9.97. The van der Waals surface area contributed by atoms with Gasteiger partial charge in [0.15, 0.2) is 0 Å². The van der Waals surface area contributed by atoms with Gasteiger partial charge in [-0.2, -0.15) is 0 Å². The molecule has 0 saturated carbocycles. The van der Waals surface area contributed by atoms with Gasteiger partial charge >= 0.3 is 0 Å². The molecule has 0 aliphatic carbocycles. The normalized spacial score (nSPS) is 12.5. The second-order valence-corrected chi connectivity index (χ2v) is 5.38. The molecule has 20 heavy (non-hydrogen) atoms. The van der Waals surface area contributed by atoms with Crippen LogP contribution in [0.2, 0.25) is 0 Å². The van der Waals surface area contributed by atoms with Crippen molar-refractivity contribution in [2.75, 3.05) is 0 Å². The van der Waals surface area contributed by atoms with Crippen molar-refractivity contribution in [3.63, 3.8) is 0 Å². The Balaban J connectivity index is 2.30. The van der Waals surface area contributed by atoms with Gasteiger partial charge in [-0.15, -0.1) is 0 Å². The van der Waals surface area contributed by atoms with Gasteiger partial charge in [0.25, 0.3) is 0 Å². The number of nitrogens with zero attached hydrogens (tertiary/aromatic N) is 1. The Morgan fingerprint density at radius 2 is 1.85 bits per heavy atom. The van der Waals surface area contributed by atoms with E-state index in [1.165, 1.54) is 5.56 Å². The Morgan fingerprint density at radius 3 is 2.50 bits per heavy atom. The predicted molar refractivity (Wildman–Crippen MR) is 80.0 cm³/mol. The third-order valence-corrected chi connectivity index (χ3v) is 3.14. The van der Waals surface area contributed by atoms with Gasteiger partial charge in [-0.1, -0.05) is 23.8 Å². The number of aliphatic hydroxyl groups excluding tert-OH is 1. The molecule has 0 radical (unpaired) electrons. The molecule has 0 aliphatic heterocycles. The van der Waals surface area contributed by atoms with E-state index in [2.05, 4.69) is 11.1 Å². The molecule has 3 nitrogen and oxygen atoms in total. The van der Waals surface area contributed by atoms with Crippen LogP contribution in [-0.2, 0) is 0 Å². The highest BCUT2D eigenvalue weighted by Crippen LogP contribution is 2.27. The summed E-state index contributed by atoms with van der Waals surface area (Å²) in [4.78, 5) is 4.15. The number of hydrogen-bond acceptors (Lipinski definition) is 3. The fraction of sp³-hybridized carbons (Fsp3) is 0.353. The van der Waals surface area contributed by atoms with Gasteiger partial charge in [-0.05, 0) is 44.9 Å². The van der Waals surface area contributed by atoms with E-state index in [0.29, 0.717) is 5.75 Å².